The third-order valence-electron chi connectivity index (χ3n) is 2.30. The number of nitrogens with zero attached hydrogens (tertiary/aromatic N) is 1. The monoisotopic (exact) mass is 262 g/mol. The summed E-state index contributed by atoms with van der Waals surface area (Å²) in [5, 5.41) is 4.69. The first-order valence-electron chi connectivity index (χ1n) is 5.67. The molecule has 0 atom stereocenters. The van der Waals surface area contributed by atoms with Gasteiger partial charge in [-0.05, 0) is 25.1 Å². The van der Waals surface area contributed by atoms with Crippen molar-refractivity contribution in [2.45, 2.75) is 13.5 Å². The van der Waals surface area contributed by atoms with E-state index in [9.17, 15) is 4.79 Å². The van der Waals surface area contributed by atoms with Crippen molar-refractivity contribution in [1.29, 1.82) is 0 Å². The number of hydrogen-bond acceptors (Lipinski definition) is 4. The number of rotatable bonds is 5. The number of ether oxygens (including phenoxy) is 1. The summed E-state index contributed by atoms with van der Waals surface area (Å²) in [7, 11) is 0. The van der Waals surface area contributed by atoms with Gasteiger partial charge in [0.1, 0.15) is 12.4 Å². The molecule has 1 aromatic carbocycles. The summed E-state index contributed by atoms with van der Waals surface area (Å²) < 4.78 is 5.58. The van der Waals surface area contributed by atoms with E-state index in [2.05, 4.69) is 10.3 Å². The zero-order valence-electron chi connectivity index (χ0n) is 10.1. The number of carbonyl (C=O) groups is 1. The van der Waals surface area contributed by atoms with Gasteiger partial charge in [-0.1, -0.05) is 6.07 Å². The molecule has 0 aliphatic carbocycles. The van der Waals surface area contributed by atoms with Crippen molar-refractivity contribution in [1.82, 2.24) is 10.3 Å². The van der Waals surface area contributed by atoms with Gasteiger partial charge in [0.25, 0.3) is 5.91 Å². The summed E-state index contributed by atoms with van der Waals surface area (Å²) in [5.74, 6) is 0.586. The zero-order valence-corrected chi connectivity index (χ0v) is 10.9. The summed E-state index contributed by atoms with van der Waals surface area (Å²) in [6.45, 7) is 2.92. The van der Waals surface area contributed by atoms with Crippen LogP contribution in [0.5, 0.6) is 5.75 Å². The number of thiazole rings is 1. The molecule has 0 aliphatic rings. The van der Waals surface area contributed by atoms with Gasteiger partial charge in [-0.2, -0.15) is 0 Å². The van der Waals surface area contributed by atoms with E-state index in [1.54, 1.807) is 23.7 Å². The Bertz CT molecular complexity index is 511. The van der Waals surface area contributed by atoms with Crippen LogP contribution in [0.25, 0.3) is 0 Å². The first kappa shape index (κ1) is 12.6. The van der Waals surface area contributed by atoms with Crippen molar-refractivity contribution >= 4 is 17.2 Å². The highest BCUT2D eigenvalue weighted by molar-refractivity contribution is 7.07. The summed E-state index contributed by atoms with van der Waals surface area (Å²) in [4.78, 5) is 15.8. The molecule has 0 unspecified atom stereocenters. The lowest BCUT2D eigenvalue weighted by Gasteiger charge is -2.06. The lowest BCUT2D eigenvalue weighted by Crippen LogP contribution is -2.22. The summed E-state index contributed by atoms with van der Waals surface area (Å²) in [5.41, 5.74) is 3.26. The molecule has 0 spiro atoms. The van der Waals surface area contributed by atoms with E-state index in [-0.39, 0.29) is 5.91 Å². The quantitative estimate of drug-likeness (QED) is 0.900. The maximum Gasteiger partial charge on any atom is 0.251 e. The Morgan fingerprint density at radius 2 is 2.39 bits per heavy atom. The molecule has 18 heavy (non-hydrogen) atoms. The molecule has 2 rings (SSSR count). The van der Waals surface area contributed by atoms with Gasteiger partial charge in [-0.3, -0.25) is 4.79 Å². The SMILES string of the molecule is CCNC(=O)c1cccc(OCc2cscn2)c1. The fourth-order valence-corrected chi connectivity index (χ4v) is 2.00. The molecular weight excluding hydrogens is 248 g/mol. The fraction of sp³-hybridized carbons (Fsp3) is 0.231. The molecule has 5 heteroatoms. The third kappa shape index (κ3) is 3.30. The van der Waals surface area contributed by atoms with Crippen molar-refractivity contribution in [3.8, 4) is 5.75 Å². The Labute approximate surface area is 110 Å². The molecule has 0 saturated carbocycles. The molecule has 0 bridgehead atoms. The number of amides is 1. The van der Waals surface area contributed by atoms with E-state index < -0.39 is 0 Å². The molecule has 0 saturated heterocycles. The van der Waals surface area contributed by atoms with Gasteiger partial charge in [0.05, 0.1) is 11.2 Å². The van der Waals surface area contributed by atoms with Crippen LogP contribution in [-0.2, 0) is 6.61 Å². The van der Waals surface area contributed by atoms with Crippen LogP contribution in [0.3, 0.4) is 0 Å². The summed E-state index contributed by atoms with van der Waals surface area (Å²) in [6.07, 6.45) is 0. The topological polar surface area (TPSA) is 51.2 Å². The predicted octanol–water partition coefficient (Wildman–Crippen LogP) is 2.47. The average Bonchev–Trinajstić information content (AvgIpc) is 2.90. The molecule has 94 valence electrons. The maximum atomic E-state index is 11.7. The minimum Gasteiger partial charge on any atom is -0.487 e. The number of hydrogen-bond donors (Lipinski definition) is 1. The van der Waals surface area contributed by atoms with E-state index >= 15 is 0 Å². The van der Waals surface area contributed by atoms with E-state index in [4.69, 9.17) is 4.74 Å². The van der Waals surface area contributed by atoms with Crippen LogP contribution in [0, 0.1) is 0 Å². The van der Waals surface area contributed by atoms with E-state index in [1.165, 1.54) is 11.3 Å². The summed E-state index contributed by atoms with van der Waals surface area (Å²) in [6, 6.07) is 7.13. The standard InChI is InChI=1S/C13H14N2O2S/c1-2-14-13(16)10-4-3-5-12(6-10)17-7-11-8-18-9-15-11/h3-6,8-9H,2,7H2,1H3,(H,14,16). The van der Waals surface area contributed by atoms with Gasteiger partial charge in [0, 0.05) is 17.5 Å². The highest BCUT2D eigenvalue weighted by Crippen LogP contribution is 2.15. The molecule has 2 aromatic rings. The van der Waals surface area contributed by atoms with Crippen LogP contribution in [0.1, 0.15) is 23.0 Å². The van der Waals surface area contributed by atoms with Crippen LogP contribution in [0.15, 0.2) is 35.2 Å². The second-order valence-electron chi connectivity index (χ2n) is 3.66. The van der Waals surface area contributed by atoms with Gasteiger partial charge in [-0.15, -0.1) is 11.3 Å². The Morgan fingerprint density at radius 1 is 1.50 bits per heavy atom. The van der Waals surface area contributed by atoms with Crippen molar-refractivity contribution in [2.75, 3.05) is 6.54 Å². The minimum absolute atomic E-state index is 0.0865. The van der Waals surface area contributed by atoms with Gasteiger partial charge in [-0.25, -0.2) is 4.98 Å². The van der Waals surface area contributed by atoms with Gasteiger partial charge in [0.2, 0.25) is 0 Å². The van der Waals surface area contributed by atoms with Crippen molar-refractivity contribution in [3.63, 3.8) is 0 Å². The normalized spacial score (nSPS) is 10.1. The predicted molar refractivity (Wildman–Crippen MR) is 70.9 cm³/mol. The number of carbonyl (C=O) groups excluding carboxylic acids is 1. The van der Waals surface area contributed by atoms with Crippen LogP contribution >= 0.6 is 11.3 Å². The average molecular weight is 262 g/mol. The van der Waals surface area contributed by atoms with Crippen molar-refractivity contribution in [3.05, 3.63) is 46.4 Å². The summed E-state index contributed by atoms with van der Waals surface area (Å²) >= 11 is 1.53. The fourth-order valence-electron chi connectivity index (χ4n) is 1.46. The third-order valence-corrected chi connectivity index (χ3v) is 2.94. The second kappa shape index (κ2) is 6.16. The number of aromatic nitrogens is 1. The van der Waals surface area contributed by atoms with Gasteiger partial charge >= 0.3 is 0 Å². The molecule has 4 nitrogen and oxygen atoms in total. The highest BCUT2D eigenvalue weighted by Gasteiger charge is 2.05. The van der Waals surface area contributed by atoms with E-state index in [1.807, 2.05) is 18.4 Å². The highest BCUT2D eigenvalue weighted by atomic mass is 32.1. The Morgan fingerprint density at radius 3 is 3.11 bits per heavy atom. The van der Waals surface area contributed by atoms with Crippen LogP contribution in [-0.4, -0.2) is 17.4 Å². The molecule has 0 fully saturated rings. The molecule has 0 radical (unpaired) electrons. The molecule has 1 heterocycles. The maximum absolute atomic E-state index is 11.7. The lowest BCUT2D eigenvalue weighted by atomic mass is 10.2. The minimum atomic E-state index is -0.0865. The molecule has 1 aromatic heterocycles. The van der Waals surface area contributed by atoms with Crippen LogP contribution < -0.4 is 10.1 Å². The lowest BCUT2D eigenvalue weighted by molar-refractivity contribution is 0.0955. The smallest absolute Gasteiger partial charge is 0.251 e. The Balaban J connectivity index is 2.01. The molecule has 0 aliphatic heterocycles. The first-order valence-corrected chi connectivity index (χ1v) is 6.62. The second-order valence-corrected chi connectivity index (χ2v) is 4.37. The zero-order chi connectivity index (χ0) is 12.8. The largest absolute Gasteiger partial charge is 0.487 e. The first-order chi connectivity index (χ1) is 8.79. The molecule has 1 amide bonds. The number of benzene rings is 1. The van der Waals surface area contributed by atoms with Crippen molar-refractivity contribution < 1.29 is 9.53 Å². The van der Waals surface area contributed by atoms with Gasteiger partial charge < -0.3 is 10.1 Å². The van der Waals surface area contributed by atoms with Crippen molar-refractivity contribution in [2.24, 2.45) is 0 Å². The van der Waals surface area contributed by atoms with E-state index in [0.29, 0.717) is 24.5 Å². The number of nitrogens with one attached hydrogen (secondary N) is 1. The van der Waals surface area contributed by atoms with E-state index in [0.717, 1.165) is 5.69 Å². The Hall–Kier alpha value is -1.88. The van der Waals surface area contributed by atoms with Crippen LogP contribution in [0.2, 0.25) is 0 Å². The van der Waals surface area contributed by atoms with Gasteiger partial charge in [0.15, 0.2) is 0 Å². The van der Waals surface area contributed by atoms with Crippen LogP contribution in [0.4, 0.5) is 0 Å². The molecular formula is C13H14N2O2S. The molecule has 1 N–H and O–H groups in total. The Kier molecular flexibility index (Phi) is 4.30.